The normalized spacial score (nSPS) is 21.0. The third-order valence-electron chi connectivity index (χ3n) is 4.27. The van der Waals surface area contributed by atoms with Gasteiger partial charge in [-0.3, -0.25) is 9.78 Å². The van der Waals surface area contributed by atoms with Crippen molar-refractivity contribution in [2.45, 2.75) is 26.3 Å². The Hall–Kier alpha value is -2.61. The number of benzene rings is 1. The highest BCUT2D eigenvalue weighted by Gasteiger charge is 2.26. The van der Waals surface area contributed by atoms with Crippen LogP contribution in [0, 0.1) is 17.2 Å². The second-order valence-electron chi connectivity index (χ2n) is 6.29. The molecule has 1 aromatic carbocycles. The molecule has 5 nitrogen and oxygen atoms in total. The minimum atomic E-state index is 0.00963. The smallest absolute Gasteiger partial charge is 0.217 e. The first-order chi connectivity index (χ1) is 11.1. The lowest BCUT2D eigenvalue weighted by molar-refractivity contribution is -0.119. The van der Waals surface area contributed by atoms with Crippen molar-refractivity contribution in [3.63, 3.8) is 0 Å². The van der Waals surface area contributed by atoms with Crippen LogP contribution in [0.25, 0.3) is 10.9 Å². The SMILES string of the molecule is CC(=O)N[C@@H]1C[C@H](C)CN(c2ccc(C#N)c3ncccc23)C1. The van der Waals surface area contributed by atoms with Crippen molar-refractivity contribution >= 4 is 22.5 Å². The van der Waals surface area contributed by atoms with Crippen LogP contribution in [0.5, 0.6) is 0 Å². The zero-order valence-electron chi connectivity index (χ0n) is 13.4. The number of nitrogens with zero attached hydrogens (tertiary/aromatic N) is 3. The van der Waals surface area contributed by atoms with Gasteiger partial charge < -0.3 is 10.2 Å². The van der Waals surface area contributed by atoms with Gasteiger partial charge in [-0.15, -0.1) is 0 Å². The van der Waals surface area contributed by atoms with E-state index in [1.165, 1.54) is 0 Å². The number of nitriles is 1. The lowest BCUT2D eigenvalue weighted by Crippen LogP contribution is -2.50. The van der Waals surface area contributed by atoms with E-state index in [-0.39, 0.29) is 11.9 Å². The Labute approximate surface area is 135 Å². The molecule has 1 saturated heterocycles. The molecule has 23 heavy (non-hydrogen) atoms. The molecular weight excluding hydrogens is 288 g/mol. The Morgan fingerprint density at radius 2 is 2.22 bits per heavy atom. The summed E-state index contributed by atoms with van der Waals surface area (Å²) in [6.45, 7) is 5.47. The average Bonchev–Trinajstić information content (AvgIpc) is 2.52. The van der Waals surface area contributed by atoms with Gasteiger partial charge in [0.25, 0.3) is 0 Å². The Balaban J connectivity index is 1.99. The number of piperidine rings is 1. The second-order valence-corrected chi connectivity index (χ2v) is 6.29. The molecule has 1 aliphatic heterocycles. The third kappa shape index (κ3) is 3.11. The van der Waals surface area contributed by atoms with Crippen molar-refractivity contribution in [1.82, 2.24) is 10.3 Å². The second kappa shape index (κ2) is 6.25. The summed E-state index contributed by atoms with van der Waals surface area (Å²) in [5, 5.41) is 13.3. The number of carbonyl (C=O) groups is 1. The molecule has 0 spiro atoms. The number of hydrogen-bond acceptors (Lipinski definition) is 4. The van der Waals surface area contributed by atoms with E-state index in [0.717, 1.165) is 36.1 Å². The summed E-state index contributed by atoms with van der Waals surface area (Å²) in [7, 11) is 0. The molecule has 1 aromatic heterocycles. The fraction of sp³-hybridized carbons (Fsp3) is 0.389. The summed E-state index contributed by atoms with van der Waals surface area (Å²) < 4.78 is 0. The summed E-state index contributed by atoms with van der Waals surface area (Å²) in [6, 6.07) is 10.1. The number of aromatic nitrogens is 1. The van der Waals surface area contributed by atoms with Crippen LogP contribution < -0.4 is 10.2 Å². The molecular formula is C18H20N4O. The van der Waals surface area contributed by atoms with Crippen molar-refractivity contribution in [2.24, 2.45) is 5.92 Å². The lowest BCUT2D eigenvalue weighted by atomic mass is 9.94. The van der Waals surface area contributed by atoms with Crippen molar-refractivity contribution in [2.75, 3.05) is 18.0 Å². The van der Waals surface area contributed by atoms with Gasteiger partial charge in [0.15, 0.2) is 0 Å². The molecule has 2 aromatic rings. The molecule has 0 unspecified atom stereocenters. The predicted octanol–water partition coefficient (Wildman–Crippen LogP) is 2.46. The average molecular weight is 308 g/mol. The first-order valence-corrected chi connectivity index (χ1v) is 7.88. The van der Waals surface area contributed by atoms with Gasteiger partial charge in [0.1, 0.15) is 6.07 Å². The van der Waals surface area contributed by atoms with Crippen molar-refractivity contribution in [3.05, 3.63) is 36.0 Å². The molecule has 1 aliphatic rings. The number of amides is 1. The van der Waals surface area contributed by atoms with E-state index in [1.807, 2.05) is 24.3 Å². The molecule has 0 aliphatic carbocycles. The van der Waals surface area contributed by atoms with Crippen LogP contribution in [-0.4, -0.2) is 30.0 Å². The molecule has 3 rings (SSSR count). The molecule has 118 valence electrons. The van der Waals surface area contributed by atoms with Crippen LogP contribution in [0.3, 0.4) is 0 Å². The van der Waals surface area contributed by atoms with E-state index in [4.69, 9.17) is 0 Å². The largest absolute Gasteiger partial charge is 0.369 e. The maximum absolute atomic E-state index is 11.4. The number of pyridine rings is 1. The van der Waals surface area contributed by atoms with Gasteiger partial charge in [0.2, 0.25) is 5.91 Å². The van der Waals surface area contributed by atoms with E-state index in [9.17, 15) is 10.1 Å². The van der Waals surface area contributed by atoms with Crippen LogP contribution in [0.4, 0.5) is 5.69 Å². The standard InChI is InChI=1S/C18H20N4O/c1-12-8-15(21-13(2)23)11-22(10-12)17-6-5-14(9-19)18-16(17)4-3-7-20-18/h3-7,12,15H,8,10-11H2,1-2H3,(H,21,23)/t12-,15+/m0/s1. The van der Waals surface area contributed by atoms with E-state index in [1.54, 1.807) is 13.1 Å². The van der Waals surface area contributed by atoms with E-state index in [0.29, 0.717) is 11.5 Å². The summed E-state index contributed by atoms with van der Waals surface area (Å²) in [5.74, 6) is 0.498. The molecule has 0 saturated carbocycles. The molecule has 1 amide bonds. The highest BCUT2D eigenvalue weighted by atomic mass is 16.1. The van der Waals surface area contributed by atoms with Gasteiger partial charge in [-0.25, -0.2) is 0 Å². The zero-order chi connectivity index (χ0) is 16.4. The Bertz CT molecular complexity index is 780. The first kappa shape index (κ1) is 15.3. The third-order valence-corrected chi connectivity index (χ3v) is 4.27. The number of rotatable bonds is 2. The fourth-order valence-corrected chi connectivity index (χ4v) is 3.46. The maximum Gasteiger partial charge on any atom is 0.217 e. The number of fused-ring (bicyclic) bond motifs is 1. The highest BCUT2D eigenvalue weighted by Crippen LogP contribution is 2.31. The van der Waals surface area contributed by atoms with Gasteiger partial charge >= 0.3 is 0 Å². The zero-order valence-corrected chi connectivity index (χ0v) is 13.4. The predicted molar refractivity (Wildman–Crippen MR) is 90.1 cm³/mol. The molecule has 0 bridgehead atoms. The number of nitrogens with one attached hydrogen (secondary N) is 1. The molecule has 1 fully saturated rings. The van der Waals surface area contributed by atoms with Crippen LogP contribution >= 0.6 is 0 Å². The topological polar surface area (TPSA) is 69.0 Å². The Morgan fingerprint density at radius 3 is 2.96 bits per heavy atom. The summed E-state index contributed by atoms with van der Waals surface area (Å²) in [5.41, 5.74) is 2.41. The van der Waals surface area contributed by atoms with Crippen molar-refractivity contribution in [1.29, 1.82) is 5.26 Å². The van der Waals surface area contributed by atoms with Crippen LogP contribution in [0.15, 0.2) is 30.5 Å². The maximum atomic E-state index is 11.4. The molecule has 2 atom stereocenters. The van der Waals surface area contributed by atoms with Gasteiger partial charge in [0, 0.05) is 43.3 Å². The summed E-state index contributed by atoms with van der Waals surface area (Å²) in [4.78, 5) is 18.0. The quantitative estimate of drug-likeness (QED) is 0.925. The minimum absolute atomic E-state index is 0.00963. The molecule has 5 heteroatoms. The molecule has 2 heterocycles. The summed E-state index contributed by atoms with van der Waals surface area (Å²) >= 11 is 0. The molecule has 1 N–H and O–H groups in total. The fourth-order valence-electron chi connectivity index (χ4n) is 3.46. The first-order valence-electron chi connectivity index (χ1n) is 7.88. The van der Waals surface area contributed by atoms with Crippen molar-refractivity contribution in [3.8, 4) is 6.07 Å². The minimum Gasteiger partial charge on any atom is -0.369 e. The number of anilines is 1. The van der Waals surface area contributed by atoms with Gasteiger partial charge in [-0.2, -0.15) is 5.26 Å². The number of hydrogen-bond donors (Lipinski definition) is 1. The van der Waals surface area contributed by atoms with Gasteiger partial charge in [0.05, 0.1) is 11.1 Å². The lowest BCUT2D eigenvalue weighted by Gasteiger charge is -2.38. The summed E-state index contributed by atoms with van der Waals surface area (Å²) in [6.07, 6.45) is 2.70. The van der Waals surface area contributed by atoms with Gasteiger partial charge in [-0.1, -0.05) is 6.92 Å². The van der Waals surface area contributed by atoms with Gasteiger partial charge in [-0.05, 0) is 36.6 Å². The Kier molecular flexibility index (Phi) is 4.16. The number of carbonyl (C=O) groups excluding carboxylic acids is 1. The van der Waals surface area contributed by atoms with E-state index < -0.39 is 0 Å². The van der Waals surface area contributed by atoms with E-state index in [2.05, 4.69) is 28.2 Å². The van der Waals surface area contributed by atoms with Crippen molar-refractivity contribution < 1.29 is 4.79 Å². The van der Waals surface area contributed by atoms with Crippen LogP contribution in [0.1, 0.15) is 25.8 Å². The van der Waals surface area contributed by atoms with E-state index >= 15 is 0 Å². The van der Waals surface area contributed by atoms with Crippen LogP contribution in [-0.2, 0) is 4.79 Å². The highest BCUT2D eigenvalue weighted by molar-refractivity contribution is 5.95. The van der Waals surface area contributed by atoms with Crippen LogP contribution in [0.2, 0.25) is 0 Å². The monoisotopic (exact) mass is 308 g/mol. The molecule has 0 radical (unpaired) electrons. The Morgan fingerprint density at radius 1 is 1.39 bits per heavy atom.